The Labute approximate surface area is 90.0 Å². The lowest BCUT2D eigenvalue weighted by atomic mass is 10.2. The second-order valence-electron chi connectivity index (χ2n) is 2.72. The molecule has 0 saturated carbocycles. The zero-order valence-corrected chi connectivity index (χ0v) is 7.76. The molecule has 0 fully saturated rings. The van der Waals surface area contributed by atoms with Crippen LogP contribution in [0.1, 0.15) is 22.5 Å². The van der Waals surface area contributed by atoms with Crippen molar-refractivity contribution in [3.05, 3.63) is 23.1 Å². The summed E-state index contributed by atoms with van der Waals surface area (Å²) in [5.41, 5.74) is -2.43. The molecule has 3 nitrogen and oxygen atoms in total. The summed E-state index contributed by atoms with van der Waals surface area (Å²) in [6, 6.07) is 0.0719. The summed E-state index contributed by atoms with van der Waals surface area (Å²) in [6.07, 6.45) is -8.90. The lowest BCUT2D eigenvalue weighted by Crippen LogP contribution is -2.20. The van der Waals surface area contributed by atoms with Crippen LogP contribution < -0.4 is 4.74 Å². The third-order valence-corrected chi connectivity index (χ3v) is 1.55. The minimum absolute atomic E-state index is 0.0719. The van der Waals surface area contributed by atoms with Crippen molar-refractivity contribution in [3.63, 3.8) is 0 Å². The SMILES string of the molecule is O=Cc1nc(OC(F)(F)F)c(C(F)F)cc1F. The highest BCUT2D eigenvalue weighted by atomic mass is 19.4. The van der Waals surface area contributed by atoms with Gasteiger partial charge in [-0.3, -0.25) is 4.79 Å². The molecule has 0 unspecified atom stereocenters. The third kappa shape index (κ3) is 3.33. The summed E-state index contributed by atoms with van der Waals surface area (Å²) in [4.78, 5) is 12.9. The second kappa shape index (κ2) is 4.60. The Bertz CT molecular complexity index is 431. The molecule has 0 radical (unpaired) electrons. The van der Waals surface area contributed by atoms with E-state index in [1.54, 1.807) is 0 Å². The molecule has 0 saturated heterocycles. The number of pyridine rings is 1. The van der Waals surface area contributed by atoms with Crippen molar-refractivity contribution < 1.29 is 35.9 Å². The number of aromatic nitrogens is 1. The van der Waals surface area contributed by atoms with E-state index in [4.69, 9.17) is 0 Å². The molecular formula is C8H3F6NO2. The zero-order valence-electron chi connectivity index (χ0n) is 7.76. The molecule has 0 atom stereocenters. The third-order valence-electron chi connectivity index (χ3n) is 1.55. The Morgan fingerprint density at radius 1 is 1.35 bits per heavy atom. The van der Waals surface area contributed by atoms with Crippen molar-refractivity contribution in [3.8, 4) is 5.88 Å². The topological polar surface area (TPSA) is 39.2 Å². The van der Waals surface area contributed by atoms with Crippen LogP contribution in [-0.2, 0) is 0 Å². The van der Waals surface area contributed by atoms with Gasteiger partial charge in [0.25, 0.3) is 6.43 Å². The number of halogens is 6. The summed E-state index contributed by atoms with van der Waals surface area (Å²) < 4.78 is 76.1. The fourth-order valence-electron chi connectivity index (χ4n) is 0.930. The van der Waals surface area contributed by atoms with Gasteiger partial charge in [-0.25, -0.2) is 18.2 Å². The first kappa shape index (κ1) is 13.3. The number of aldehydes is 1. The molecule has 0 N–H and O–H groups in total. The zero-order chi connectivity index (χ0) is 13.2. The van der Waals surface area contributed by atoms with E-state index in [-0.39, 0.29) is 12.4 Å². The fraction of sp³-hybridized carbons (Fsp3) is 0.250. The maximum Gasteiger partial charge on any atom is 0.574 e. The first-order valence-electron chi connectivity index (χ1n) is 3.94. The smallest absolute Gasteiger partial charge is 0.387 e. The highest BCUT2D eigenvalue weighted by molar-refractivity contribution is 5.72. The van der Waals surface area contributed by atoms with Crippen molar-refractivity contribution >= 4 is 6.29 Å². The van der Waals surface area contributed by atoms with E-state index >= 15 is 0 Å². The molecule has 17 heavy (non-hydrogen) atoms. The summed E-state index contributed by atoms with van der Waals surface area (Å²) in [7, 11) is 0. The molecule has 0 aliphatic heterocycles. The number of carbonyl (C=O) groups is 1. The molecule has 0 aliphatic rings. The van der Waals surface area contributed by atoms with E-state index in [1.807, 2.05) is 0 Å². The summed E-state index contributed by atoms with van der Waals surface area (Å²) in [5, 5.41) is 0. The van der Waals surface area contributed by atoms with Crippen LogP contribution in [0.3, 0.4) is 0 Å². The Balaban J connectivity index is 3.29. The van der Waals surface area contributed by atoms with Gasteiger partial charge in [-0.05, 0) is 6.07 Å². The van der Waals surface area contributed by atoms with Gasteiger partial charge in [0.2, 0.25) is 5.88 Å². The van der Waals surface area contributed by atoms with E-state index in [0.717, 1.165) is 0 Å². The van der Waals surface area contributed by atoms with Crippen LogP contribution in [0.2, 0.25) is 0 Å². The van der Waals surface area contributed by atoms with Crippen molar-refractivity contribution in [2.45, 2.75) is 12.8 Å². The molecule has 9 heteroatoms. The van der Waals surface area contributed by atoms with E-state index in [0.29, 0.717) is 0 Å². The number of hydrogen-bond donors (Lipinski definition) is 0. The van der Waals surface area contributed by atoms with Gasteiger partial charge in [0, 0.05) is 0 Å². The Morgan fingerprint density at radius 2 is 1.94 bits per heavy atom. The quantitative estimate of drug-likeness (QED) is 0.618. The molecule has 0 aromatic carbocycles. The van der Waals surface area contributed by atoms with Crippen LogP contribution in [0.5, 0.6) is 5.88 Å². The van der Waals surface area contributed by atoms with Crippen LogP contribution in [0, 0.1) is 5.82 Å². The largest absolute Gasteiger partial charge is 0.574 e. The predicted molar refractivity (Wildman–Crippen MR) is 41.2 cm³/mol. The van der Waals surface area contributed by atoms with Crippen molar-refractivity contribution in [1.29, 1.82) is 0 Å². The van der Waals surface area contributed by atoms with E-state index in [9.17, 15) is 31.1 Å². The first-order chi connectivity index (χ1) is 7.74. The average Bonchev–Trinajstić information content (AvgIpc) is 2.17. The summed E-state index contributed by atoms with van der Waals surface area (Å²) >= 11 is 0. The monoisotopic (exact) mass is 259 g/mol. The second-order valence-corrected chi connectivity index (χ2v) is 2.72. The lowest BCUT2D eigenvalue weighted by molar-refractivity contribution is -0.276. The number of carbonyl (C=O) groups excluding carboxylic acids is 1. The number of ether oxygens (including phenoxy) is 1. The van der Waals surface area contributed by atoms with Gasteiger partial charge in [-0.2, -0.15) is 0 Å². The molecule has 1 rings (SSSR count). The molecule has 1 aromatic rings. The molecule has 0 spiro atoms. The van der Waals surface area contributed by atoms with E-state index in [2.05, 4.69) is 9.72 Å². The van der Waals surface area contributed by atoms with Crippen LogP contribution in [0.25, 0.3) is 0 Å². The standard InChI is InChI=1S/C8H3F6NO2/c9-4-1-3(6(10)11)7(15-5(4)2-16)17-8(12,13)14/h1-2,6H. The van der Waals surface area contributed by atoms with Crippen LogP contribution in [0.15, 0.2) is 6.07 Å². The van der Waals surface area contributed by atoms with Gasteiger partial charge < -0.3 is 4.74 Å². The van der Waals surface area contributed by atoms with Crippen LogP contribution in [0.4, 0.5) is 26.3 Å². The minimum atomic E-state index is -5.27. The van der Waals surface area contributed by atoms with Gasteiger partial charge in [0.05, 0.1) is 5.56 Å². The summed E-state index contributed by atoms with van der Waals surface area (Å²) in [6.45, 7) is 0. The van der Waals surface area contributed by atoms with Crippen LogP contribution >= 0.6 is 0 Å². The Kier molecular flexibility index (Phi) is 3.59. The lowest BCUT2D eigenvalue weighted by Gasteiger charge is -2.12. The molecular weight excluding hydrogens is 256 g/mol. The van der Waals surface area contributed by atoms with Gasteiger partial charge in [-0.15, -0.1) is 13.2 Å². The minimum Gasteiger partial charge on any atom is -0.387 e. The van der Waals surface area contributed by atoms with Gasteiger partial charge in [-0.1, -0.05) is 0 Å². The number of nitrogens with zero attached hydrogens (tertiary/aromatic N) is 1. The van der Waals surface area contributed by atoms with Crippen molar-refractivity contribution in [1.82, 2.24) is 4.98 Å². The molecule has 1 aromatic heterocycles. The number of alkyl halides is 5. The fourth-order valence-corrected chi connectivity index (χ4v) is 0.930. The molecule has 0 amide bonds. The molecule has 1 heterocycles. The highest BCUT2D eigenvalue weighted by Gasteiger charge is 2.34. The van der Waals surface area contributed by atoms with Gasteiger partial charge in [0.15, 0.2) is 12.1 Å². The van der Waals surface area contributed by atoms with Gasteiger partial charge >= 0.3 is 6.36 Å². The Hall–Kier alpha value is -1.80. The van der Waals surface area contributed by atoms with Crippen molar-refractivity contribution in [2.24, 2.45) is 0 Å². The number of hydrogen-bond acceptors (Lipinski definition) is 3. The van der Waals surface area contributed by atoms with E-state index in [1.165, 1.54) is 0 Å². The highest BCUT2D eigenvalue weighted by Crippen LogP contribution is 2.32. The normalized spacial score (nSPS) is 11.7. The molecule has 94 valence electrons. The molecule has 0 aliphatic carbocycles. The van der Waals surface area contributed by atoms with Crippen LogP contribution in [-0.4, -0.2) is 17.6 Å². The van der Waals surface area contributed by atoms with Crippen molar-refractivity contribution in [2.75, 3.05) is 0 Å². The Morgan fingerprint density at radius 3 is 2.35 bits per heavy atom. The first-order valence-corrected chi connectivity index (χ1v) is 3.94. The average molecular weight is 259 g/mol. The maximum absolute atomic E-state index is 12.9. The van der Waals surface area contributed by atoms with E-state index < -0.39 is 35.7 Å². The number of rotatable bonds is 3. The predicted octanol–water partition coefficient (Wildman–Crippen LogP) is 2.87. The maximum atomic E-state index is 12.9. The molecule has 0 bridgehead atoms. The summed E-state index contributed by atoms with van der Waals surface area (Å²) in [5.74, 6) is -3.00. The van der Waals surface area contributed by atoms with Gasteiger partial charge in [0.1, 0.15) is 5.69 Å².